The number of nitrogens with one attached hydrogen (secondary N) is 1. The van der Waals surface area contributed by atoms with E-state index in [9.17, 15) is 9.59 Å². The van der Waals surface area contributed by atoms with Gasteiger partial charge in [-0.1, -0.05) is 6.92 Å². The Morgan fingerprint density at radius 1 is 1.46 bits per heavy atom. The SMILES string of the molecule is CCCN(C)C(=O)CNC(=O)CN. The molecule has 0 aliphatic rings. The van der Waals surface area contributed by atoms with Gasteiger partial charge in [-0.25, -0.2) is 0 Å². The van der Waals surface area contributed by atoms with Crippen LogP contribution in [-0.4, -0.2) is 43.4 Å². The minimum Gasteiger partial charge on any atom is -0.346 e. The van der Waals surface area contributed by atoms with Crippen LogP contribution in [0, 0.1) is 0 Å². The summed E-state index contributed by atoms with van der Waals surface area (Å²) in [5.41, 5.74) is 5.06. The highest BCUT2D eigenvalue weighted by atomic mass is 16.2. The predicted molar refractivity (Wildman–Crippen MR) is 50.0 cm³/mol. The van der Waals surface area contributed by atoms with Crippen molar-refractivity contribution < 1.29 is 9.59 Å². The summed E-state index contributed by atoms with van der Waals surface area (Å²) in [6.07, 6.45) is 0.910. The average Bonchev–Trinajstić information content (AvgIpc) is 2.13. The first-order chi connectivity index (χ1) is 6.11. The van der Waals surface area contributed by atoms with Crippen LogP contribution in [-0.2, 0) is 9.59 Å². The summed E-state index contributed by atoms with van der Waals surface area (Å²) in [7, 11) is 1.71. The Hall–Kier alpha value is -1.10. The molecular formula is C8H17N3O2. The van der Waals surface area contributed by atoms with Crippen molar-refractivity contribution in [1.29, 1.82) is 0 Å². The van der Waals surface area contributed by atoms with Crippen LogP contribution in [0.2, 0.25) is 0 Å². The van der Waals surface area contributed by atoms with Crippen LogP contribution in [0.25, 0.3) is 0 Å². The first-order valence-corrected chi connectivity index (χ1v) is 4.32. The van der Waals surface area contributed by atoms with Gasteiger partial charge in [-0.15, -0.1) is 0 Å². The van der Waals surface area contributed by atoms with Crippen molar-refractivity contribution in [1.82, 2.24) is 10.2 Å². The highest BCUT2D eigenvalue weighted by molar-refractivity contribution is 5.85. The van der Waals surface area contributed by atoms with Gasteiger partial charge in [-0.2, -0.15) is 0 Å². The van der Waals surface area contributed by atoms with E-state index < -0.39 is 0 Å². The molecular weight excluding hydrogens is 170 g/mol. The van der Waals surface area contributed by atoms with Crippen LogP contribution in [0.3, 0.4) is 0 Å². The van der Waals surface area contributed by atoms with Crippen molar-refractivity contribution in [3.8, 4) is 0 Å². The van der Waals surface area contributed by atoms with Crippen molar-refractivity contribution in [2.45, 2.75) is 13.3 Å². The van der Waals surface area contributed by atoms with Gasteiger partial charge in [0.05, 0.1) is 13.1 Å². The van der Waals surface area contributed by atoms with Crippen LogP contribution in [0.5, 0.6) is 0 Å². The smallest absolute Gasteiger partial charge is 0.241 e. The van der Waals surface area contributed by atoms with E-state index in [0.29, 0.717) is 6.54 Å². The molecule has 0 rings (SSSR count). The number of hydrogen-bond acceptors (Lipinski definition) is 3. The minimum atomic E-state index is -0.307. The standard InChI is InChI=1S/C8H17N3O2/c1-3-4-11(2)8(13)6-10-7(12)5-9/h3-6,9H2,1-2H3,(H,10,12). The van der Waals surface area contributed by atoms with Crippen molar-refractivity contribution in [2.24, 2.45) is 5.73 Å². The number of carbonyl (C=O) groups is 2. The average molecular weight is 187 g/mol. The largest absolute Gasteiger partial charge is 0.346 e. The molecule has 0 atom stereocenters. The molecule has 13 heavy (non-hydrogen) atoms. The minimum absolute atomic E-state index is 0.0343. The Bertz CT molecular complexity index is 182. The Balaban J connectivity index is 3.67. The summed E-state index contributed by atoms with van der Waals surface area (Å²) < 4.78 is 0. The summed E-state index contributed by atoms with van der Waals surface area (Å²) in [6, 6.07) is 0. The van der Waals surface area contributed by atoms with E-state index in [1.54, 1.807) is 11.9 Å². The lowest BCUT2D eigenvalue weighted by Gasteiger charge is -2.15. The summed E-state index contributed by atoms with van der Waals surface area (Å²) in [4.78, 5) is 23.5. The quantitative estimate of drug-likeness (QED) is 0.575. The Morgan fingerprint density at radius 3 is 2.54 bits per heavy atom. The van der Waals surface area contributed by atoms with Crippen LogP contribution < -0.4 is 11.1 Å². The number of amides is 2. The molecule has 0 fully saturated rings. The Kier molecular flexibility index (Phi) is 5.88. The first kappa shape index (κ1) is 11.9. The maximum atomic E-state index is 11.2. The van der Waals surface area contributed by atoms with Gasteiger partial charge >= 0.3 is 0 Å². The van der Waals surface area contributed by atoms with Crippen LogP contribution in [0.4, 0.5) is 0 Å². The molecule has 2 amide bonds. The molecule has 76 valence electrons. The Morgan fingerprint density at radius 2 is 2.08 bits per heavy atom. The molecule has 0 saturated carbocycles. The van der Waals surface area contributed by atoms with Gasteiger partial charge in [0.25, 0.3) is 0 Å². The number of rotatable bonds is 5. The van der Waals surface area contributed by atoms with E-state index >= 15 is 0 Å². The molecule has 0 unspecified atom stereocenters. The lowest BCUT2D eigenvalue weighted by molar-refractivity contribution is -0.131. The number of nitrogens with zero attached hydrogens (tertiary/aromatic N) is 1. The summed E-state index contributed by atoms with van der Waals surface area (Å²) >= 11 is 0. The maximum absolute atomic E-state index is 11.2. The predicted octanol–water partition coefficient (Wildman–Crippen LogP) is -1.07. The first-order valence-electron chi connectivity index (χ1n) is 4.32. The normalized spacial score (nSPS) is 9.46. The topological polar surface area (TPSA) is 75.4 Å². The zero-order valence-corrected chi connectivity index (χ0v) is 8.17. The van der Waals surface area contributed by atoms with Gasteiger partial charge in [-0.3, -0.25) is 9.59 Å². The molecule has 0 aromatic carbocycles. The van der Waals surface area contributed by atoms with Crippen LogP contribution in [0.1, 0.15) is 13.3 Å². The second-order valence-corrected chi connectivity index (χ2v) is 2.80. The number of hydrogen-bond donors (Lipinski definition) is 2. The lowest BCUT2D eigenvalue weighted by Crippen LogP contribution is -2.40. The van der Waals surface area contributed by atoms with Gasteiger partial charge in [-0.05, 0) is 6.42 Å². The van der Waals surface area contributed by atoms with Crippen molar-refractivity contribution in [3.63, 3.8) is 0 Å². The lowest BCUT2D eigenvalue weighted by atomic mass is 10.4. The van der Waals surface area contributed by atoms with Crippen LogP contribution >= 0.6 is 0 Å². The summed E-state index contributed by atoms with van der Waals surface area (Å²) in [5, 5.41) is 2.42. The Labute approximate surface area is 78.3 Å². The van der Waals surface area contributed by atoms with Crippen molar-refractivity contribution in [2.75, 3.05) is 26.7 Å². The number of carbonyl (C=O) groups excluding carboxylic acids is 2. The molecule has 0 spiro atoms. The third kappa shape index (κ3) is 5.19. The fourth-order valence-electron chi connectivity index (χ4n) is 0.841. The van der Waals surface area contributed by atoms with Gasteiger partial charge in [0, 0.05) is 13.6 Å². The van der Waals surface area contributed by atoms with E-state index in [-0.39, 0.29) is 24.9 Å². The molecule has 0 aromatic heterocycles. The van der Waals surface area contributed by atoms with E-state index in [0.717, 1.165) is 6.42 Å². The van der Waals surface area contributed by atoms with E-state index in [1.807, 2.05) is 6.92 Å². The molecule has 5 heteroatoms. The second-order valence-electron chi connectivity index (χ2n) is 2.80. The fourth-order valence-corrected chi connectivity index (χ4v) is 0.841. The molecule has 0 saturated heterocycles. The van der Waals surface area contributed by atoms with Gasteiger partial charge in [0.2, 0.25) is 11.8 Å². The van der Waals surface area contributed by atoms with Crippen LogP contribution in [0.15, 0.2) is 0 Å². The van der Waals surface area contributed by atoms with E-state index in [2.05, 4.69) is 5.32 Å². The fraction of sp³-hybridized carbons (Fsp3) is 0.750. The maximum Gasteiger partial charge on any atom is 0.241 e. The highest BCUT2D eigenvalue weighted by Crippen LogP contribution is 1.86. The summed E-state index contributed by atoms with van der Waals surface area (Å²) in [5.74, 6) is -0.401. The zero-order valence-electron chi connectivity index (χ0n) is 8.17. The number of nitrogens with two attached hydrogens (primary N) is 1. The third-order valence-electron chi connectivity index (χ3n) is 1.61. The van der Waals surface area contributed by atoms with Crippen molar-refractivity contribution >= 4 is 11.8 Å². The molecule has 3 N–H and O–H groups in total. The van der Waals surface area contributed by atoms with Gasteiger partial charge in [0.1, 0.15) is 0 Å². The van der Waals surface area contributed by atoms with E-state index in [4.69, 9.17) is 5.73 Å². The van der Waals surface area contributed by atoms with Crippen molar-refractivity contribution in [3.05, 3.63) is 0 Å². The molecule has 0 aliphatic carbocycles. The zero-order chi connectivity index (χ0) is 10.3. The summed E-state index contributed by atoms with van der Waals surface area (Å²) in [6.45, 7) is 2.65. The molecule has 0 aliphatic heterocycles. The number of likely N-dealkylation sites (N-methyl/N-ethyl adjacent to an activating group) is 1. The molecule has 5 nitrogen and oxygen atoms in total. The third-order valence-corrected chi connectivity index (χ3v) is 1.61. The molecule has 0 radical (unpaired) electrons. The van der Waals surface area contributed by atoms with E-state index in [1.165, 1.54) is 0 Å². The molecule has 0 aromatic rings. The highest BCUT2D eigenvalue weighted by Gasteiger charge is 2.07. The monoisotopic (exact) mass is 187 g/mol. The van der Waals surface area contributed by atoms with Gasteiger partial charge < -0.3 is 16.0 Å². The van der Waals surface area contributed by atoms with Gasteiger partial charge in [0.15, 0.2) is 0 Å². The molecule has 0 heterocycles. The second kappa shape index (κ2) is 6.42. The molecule has 0 bridgehead atoms.